The van der Waals surface area contributed by atoms with Crippen LogP contribution in [0.5, 0.6) is 0 Å². The first-order chi connectivity index (χ1) is 10.2. The summed E-state index contributed by atoms with van der Waals surface area (Å²) >= 11 is 0. The zero-order valence-electron chi connectivity index (χ0n) is 11.8. The van der Waals surface area contributed by atoms with Gasteiger partial charge in [0.2, 0.25) is 0 Å². The maximum atomic E-state index is 12.5. The first-order valence-electron chi connectivity index (χ1n) is 7.20. The summed E-state index contributed by atoms with van der Waals surface area (Å²) in [6.07, 6.45) is 3.66. The number of hydrogen-bond acceptors (Lipinski definition) is 4. The minimum atomic E-state index is -0.229. The lowest BCUT2D eigenvalue weighted by atomic mass is 9.83. The highest BCUT2D eigenvalue weighted by molar-refractivity contribution is 6.31. The topological polar surface area (TPSA) is 72.6 Å². The Labute approximate surface area is 123 Å². The van der Waals surface area contributed by atoms with E-state index in [4.69, 9.17) is 10.5 Å². The summed E-state index contributed by atoms with van der Waals surface area (Å²) in [5.74, 6) is -0.441. The van der Waals surface area contributed by atoms with Crippen LogP contribution in [-0.4, -0.2) is 43.0 Å². The summed E-state index contributed by atoms with van der Waals surface area (Å²) in [4.78, 5) is 26.3. The second-order valence-corrected chi connectivity index (χ2v) is 5.16. The van der Waals surface area contributed by atoms with E-state index in [1.807, 2.05) is 18.2 Å². The van der Waals surface area contributed by atoms with Gasteiger partial charge in [0.25, 0.3) is 11.8 Å². The third-order valence-electron chi connectivity index (χ3n) is 3.85. The molecule has 1 aromatic carbocycles. The molecule has 1 aromatic rings. The lowest BCUT2D eigenvalue weighted by Gasteiger charge is -2.31. The third kappa shape index (κ3) is 2.39. The molecule has 3 rings (SSSR count). The second kappa shape index (κ2) is 5.79. The predicted octanol–water partition coefficient (Wildman–Crippen LogP) is 0.974. The SMILES string of the molecule is NCCOCCN1C(=O)C2=CCCc3cccc(c32)C1=O. The smallest absolute Gasteiger partial charge is 0.261 e. The molecule has 0 saturated heterocycles. The number of carbonyl (C=O) groups is 2. The third-order valence-corrected chi connectivity index (χ3v) is 3.85. The predicted molar refractivity (Wildman–Crippen MR) is 78.7 cm³/mol. The molecule has 0 fully saturated rings. The number of nitrogens with zero attached hydrogens (tertiary/aromatic N) is 1. The van der Waals surface area contributed by atoms with Crippen molar-refractivity contribution in [2.24, 2.45) is 5.73 Å². The van der Waals surface area contributed by atoms with Crippen LogP contribution in [-0.2, 0) is 16.0 Å². The van der Waals surface area contributed by atoms with Crippen molar-refractivity contribution in [1.82, 2.24) is 4.90 Å². The molecule has 110 valence electrons. The maximum absolute atomic E-state index is 12.5. The van der Waals surface area contributed by atoms with E-state index in [9.17, 15) is 9.59 Å². The fourth-order valence-corrected chi connectivity index (χ4v) is 2.90. The molecule has 0 spiro atoms. The minimum Gasteiger partial charge on any atom is -0.378 e. The van der Waals surface area contributed by atoms with Gasteiger partial charge in [-0.05, 0) is 24.5 Å². The number of rotatable bonds is 5. The Morgan fingerprint density at radius 1 is 1.19 bits per heavy atom. The highest BCUT2D eigenvalue weighted by atomic mass is 16.5. The quantitative estimate of drug-likeness (QED) is 0.647. The first kappa shape index (κ1) is 14.0. The van der Waals surface area contributed by atoms with Crippen molar-refractivity contribution in [2.45, 2.75) is 12.8 Å². The van der Waals surface area contributed by atoms with Crippen molar-refractivity contribution in [3.63, 3.8) is 0 Å². The van der Waals surface area contributed by atoms with Gasteiger partial charge < -0.3 is 10.5 Å². The molecule has 2 N–H and O–H groups in total. The van der Waals surface area contributed by atoms with Gasteiger partial charge in [-0.3, -0.25) is 14.5 Å². The van der Waals surface area contributed by atoms with Gasteiger partial charge in [-0.15, -0.1) is 0 Å². The first-order valence-corrected chi connectivity index (χ1v) is 7.20. The number of hydrogen-bond donors (Lipinski definition) is 1. The van der Waals surface area contributed by atoms with Gasteiger partial charge in [0.15, 0.2) is 0 Å². The highest BCUT2D eigenvalue weighted by Crippen LogP contribution is 2.35. The Hall–Kier alpha value is -1.98. The van der Waals surface area contributed by atoms with Crippen LogP contribution < -0.4 is 5.73 Å². The summed E-state index contributed by atoms with van der Waals surface area (Å²) in [5.41, 5.74) is 8.55. The average Bonchev–Trinajstić information content (AvgIpc) is 2.51. The van der Waals surface area contributed by atoms with Crippen molar-refractivity contribution in [3.05, 3.63) is 41.0 Å². The molecule has 5 heteroatoms. The Morgan fingerprint density at radius 2 is 2.05 bits per heavy atom. The van der Waals surface area contributed by atoms with Crippen LogP contribution >= 0.6 is 0 Å². The van der Waals surface area contributed by atoms with Crippen molar-refractivity contribution >= 4 is 17.4 Å². The molecule has 1 aliphatic carbocycles. The van der Waals surface area contributed by atoms with Gasteiger partial charge in [-0.2, -0.15) is 0 Å². The number of aryl methyl sites for hydroxylation is 1. The molecule has 1 heterocycles. The van der Waals surface area contributed by atoms with E-state index in [-0.39, 0.29) is 18.4 Å². The standard InChI is InChI=1S/C16H18N2O3/c17-7-9-21-10-8-18-15(19)12-5-1-3-11-4-2-6-13(14(11)12)16(18)20/h1,3,5-6H,2,4,7-10,17H2. The fraction of sp³-hybridized carbons (Fsp3) is 0.375. The molecule has 2 amide bonds. The lowest BCUT2D eigenvalue weighted by molar-refractivity contribution is -0.123. The van der Waals surface area contributed by atoms with Crippen molar-refractivity contribution in [3.8, 4) is 0 Å². The van der Waals surface area contributed by atoms with E-state index in [0.717, 1.165) is 24.0 Å². The van der Waals surface area contributed by atoms with Crippen molar-refractivity contribution < 1.29 is 14.3 Å². The van der Waals surface area contributed by atoms with Crippen LogP contribution in [0.25, 0.3) is 5.57 Å². The van der Waals surface area contributed by atoms with Gasteiger partial charge in [0.05, 0.1) is 19.8 Å². The molecular formula is C16H18N2O3. The van der Waals surface area contributed by atoms with E-state index < -0.39 is 0 Å². The normalized spacial score (nSPS) is 16.8. The van der Waals surface area contributed by atoms with E-state index in [1.165, 1.54) is 4.90 Å². The van der Waals surface area contributed by atoms with Crippen LogP contribution in [0.2, 0.25) is 0 Å². The Bertz CT molecular complexity index is 622. The lowest BCUT2D eigenvalue weighted by Crippen LogP contribution is -2.44. The molecule has 0 saturated carbocycles. The van der Waals surface area contributed by atoms with E-state index in [0.29, 0.717) is 30.9 Å². The molecular weight excluding hydrogens is 268 g/mol. The molecule has 5 nitrogen and oxygen atoms in total. The van der Waals surface area contributed by atoms with Crippen molar-refractivity contribution in [2.75, 3.05) is 26.3 Å². The van der Waals surface area contributed by atoms with Crippen LogP contribution in [0.4, 0.5) is 0 Å². The number of ether oxygens (including phenoxy) is 1. The maximum Gasteiger partial charge on any atom is 0.261 e. The minimum absolute atomic E-state index is 0.212. The van der Waals surface area contributed by atoms with Gasteiger partial charge in [-0.25, -0.2) is 0 Å². The van der Waals surface area contributed by atoms with Crippen LogP contribution in [0.1, 0.15) is 27.9 Å². The largest absolute Gasteiger partial charge is 0.378 e. The molecule has 0 radical (unpaired) electrons. The van der Waals surface area contributed by atoms with E-state index in [1.54, 1.807) is 6.07 Å². The van der Waals surface area contributed by atoms with Crippen molar-refractivity contribution in [1.29, 1.82) is 0 Å². The number of amides is 2. The second-order valence-electron chi connectivity index (χ2n) is 5.16. The van der Waals surface area contributed by atoms with Gasteiger partial charge in [-0.1, -0.05) is 18.2 Å². The molecule has 0 atom stereocenters. The summed E-state index contributed by atoms with van der Waals surface area (Å²) in [7, 11) is 0. The molecule has 2 aliphatic rings. The summed E-state index contributed by atoms with van der Waals surface area (Å²) in [6, 6.07) is 5.67. The van der Waals surface area contributed by atoms with Crippen LogP contribution in [0, 0.1) is 0 Å². The monoisotopic (exact) mass is 286 g/mol. The number of nitrogens with two attached hydrogens (primary N) is 1. The molecule has 1 aliphatic heterocycles. The van der Waals surface area contributed by atoms with Crippen LogP contribution in [0.15, 0.2) is 24.3 Å². The van der Waals surface area contributed by atoms with Gasteiger partial charge >= 0.3 is 0 Å². The summed E-state index contributed by atoms with van der Waals surface area (Å²) in [6.45, 7) is 1.44. The Balaban J connectivity index is 1.90. The number of benzene rings is 1. The number of imide groups is 1. The van der Waals surface area contributed by atoms with Crippen LogP contribution in [0.3, 0.4) is 0 Å². The van der Waals surface area contributed by atoms with E-state index in [2.05, 4.69) is 0 Å². The fourth-order valence-electron chi connectivity index (χ4n) is 2.90. The van der Waals surface area contributed by atoms with E-state index >= 15 is 0 Å². The molecule has 0 unspecified atom stereocenters. The zero-order valence-corrected chi connectivity index (χ0v) is 11.8. The summed E-state index contributed by atoms with van der Waals surface area (Å²) in [5, 5.41) is 0. The zero-order chi connectivity index (χ0) is 14.8. The Kier molecular flexibility index (Phi) is 3.86. The number of carbonyl (C=O) groups excluding carboxylic acids is 2. The molecule has 21 heavy (non-hydrogen) atoms. The summed E-state index contributed by atoms with van der Waals surface area (Å²) < 4.78 is 5.29. The molecule has 0 bridgehead atoms. The van der Waals surface area contributed by atoms with Gasteiger partial charge in [0, 0.05) is 23.2 Å². The average molecular weight is 286 g/mol. The molecule has 0 aromatic heterocycles. The van der Waals surface area contributed by atoms with Gasteiger partial charge in [0.1, 0.15) is 0 Å². The number of allylic oxidation sites excluding steroid dienone is 1. The Morgan fingerprint density at radius 3 is 2.86 bits per heavy atom. The highest BCUT2D eigenvalue weighted by Gasteiger charge is 2.36.